The first kappa shape index (κ1) is 10.8. The summed E-state index contributed by atoms with van der Waals surface area (Å²) < 4.78 is 14.5. The van der Waals surface area contributed by atoms with Crippen LogP contribution in [0.3, 0.4) is 0 Å². The van der Waals surface area contributed by atoms with Gasteiger partial charge in [-0.15, -0.1) is 0 Å². The maximum atomic E-state index is 12.9. The first-order valence-corrected chi connectivity index (χ1v) is 5.84. The zero-order valence-corrected chi connectivity index (χ0v) is 11.0. The molecule has 0 spiro atoms. The van der Waals surface area contributed by atoms with Crippen molar-refractivity contribution in [1.82, 2.24) is 10.2 Å². The third-order valence-corrected chi connectivity index (χ3v) is 3.69. The number of aromatic amines is 1. The smallest absolute Gasteiger partial charge is 0.124 e. The molecule has 0 aliphatic rings. The second-order valence-corrected chi connectivity index (χ2v) is 4.78. The van der Waals surface area contributed by atoms with E-state index in [9.17, 15) is 4.39 Å². The van der Waals surface area contributed by atoms with Gasteiger partial charge in [-0.3, -0.25) is 5.10 Å². The molecule has 1 aromatic heterocycles. The van der Waals surface area contributed by atoms with Crippen molar-refractivity contribution in [3.63, 3.8) is 0 Å². The fourth-order valence-electron chi connectivity index (χ4n) is 1.28. The summed E-state index contributed by atoms with van der Waals surface area (Å²) in [7, 11) is 0. The molecule has 2 aromatic rings. The van der Waals surface area contributed by atoms with Crippen LogP contribution in [0.5, 0.6) is 0 Å². The van der Waals surface area contributed by atoms with Crippen LogP contribution in [0.15, 0.2) is 27.1 Å². The Morgan fingerprint density at radius 2 is 2.07 bits per heavy atom. The molecule has 0 saturated heterocycles. The summed E-state index contributed by atoms with van der Waals surface area (Å²) >= 11 is 6.74. The van der Waals surface area contributed by atoms with Gasteiger partial charge in [0.2, 0.25) is 0 Å². The molecule has 78 valence electrons. The Morgan fingerprint density at radius 1 is 1.33 bits per heavy atom. The Hall–Kier alpha value is -0.680. The van der Waals surface area contributed by atoms with Crippen molar-refractivity contribution in [3.8, 4) is 11.3 Å². The molecule has 15 heavy (non-hydrogen) atoms. The minimum atomic E-state index is -0.269. The van der Waals surface area contributed by atoms with Gasteiger partial charge >= 0.3 is 0 Å². The second-order valence-electron chi connectivity index (χ2n) is 3.14. The lowest BCUT2D eigenvalue weighted by molar-refractivity contribution is 0.627. The molecule has 0 atom stereocenters. The second kappa shape index (κ2) is 4.06. The lowest BCUT2D eigenvalue weighted by Gasteiger charge is -2.01. The molecule has 0 unspecified atom stereocenters. The highest BCUT2D eigenvalue weighted by Crippen LogP contribution is 2.33. The van der Waals surface area contributed by atoms with E-state index in [2.05, 4.69) is 42.1 Å². The summed E-state index contributed by atoms with van der Waals surface area (Å²) in [5, 5.41) is 7.02. The number of rotatable bonds is 1. The lowest BCUT2D eigenvalue weighted by Crippen LogP contribution is -1.83. The van der Waals surface area contributed by atoms with E-state index in [0.29, 0.717) is 4.47 Å². The average molecular weight is 334 g/mol. The van der Waals surface area contributed by atoms with Crippen LogP contribution in [0.4, 0.5) is 4.39 Å². The minimum Gasteiger partial charge on any atom is -0.281 e. The van der Waals surface area contributed by atoms with Gasteiger partial charge in [0.25, 0.3) is 0 Å². The highest BCUT2D eigenvalue weighted by Gasteiger charge is 2.12. The lowest BCUT2D eigenvalue weighted by atomic mass is 10.1. The van der Waals surface area contributed by atoms with E-state index >= 15 is 0 Å². The van der Waals surface area contributed by atoms with E-state index in [1.54, 1.807) is 6.07 Å². The zero-order chi connectivity index (χ0) is 11.0. The van der Waals surface area contributed by atoms with Crippen LogP contribution in [0.1, 0.15) is 5.69 Å². The topological polar surface area (TPSA) is 28.7 Å². The maximum absolute atomic E-state index is 12.9. The summed E-state index contributed by atoms with van der Waals surface area (Å²) in [6.07, 6.45) is 0. The molecular formula is C10H7Br2FN2. The molecule has 0 saturated carbocycles. The van der Waals surface area contributed by atoms with Crippen molar-refractivity contribution in [2.24, 2.45) is 0 Å². The molecule has 0 aliphatic heterocycles. The Labute approximate surface area is 103 Å². The molecule has 2 rings (SSSR count). The molecule has 1 heterocycles. The normalized spacial score (nSPS) is 10.7. The van der Waals surface area contributed by atoms with Crippen LogP contribution in [0, 0.1) is 12.7 Å². The predicted octanol–water partition coefficient (Wildman–Crippen LogP) is 4.05. The van der Waals surface area contributed by atoms with Crippen LogP contribution in [0.25, 0.3) is 11.3 Å². The molecule has 2 nitrogen and oxygen atoms in total. The van der Waals surface area contributed by atoms with Crippen LogP contribution < -0.4 is 0 Å². The number of benzene rings is 1. The Bertz CT molecular complexity index is 508. The Kier molecular flexibility index (Phi) is 2.93. The van der Waals surface area contributed by atoms with Crippen LogP contribution >= 0.6 is 31.9 Å². The molecular weight excluding hydrogens is 327 g/mol. The van der Waals surface area contributed by atoms with Gasteiger partial charge in [-0.25, -0.2) is 4.39 Å². The monoisotopic (exact) mass is 332 g/mol. The molecule has 0 radical (unpaired) electrons. The fraction of sp³-hybridized carbons (Fsp3) is 0.100. The number of aryl methyl sites for hydroxylation is 1. The summed E-state index contributed by atoms with van der Waals surface area (Å²) in [5.74, 6) is -0.269. The van der Waals surface area contributed by atoms with Crippen molar-refractivity contribution in [2.45, 2.75) is 6.92 Å². The fourth-order valence-corrected chi connectivity index (χ4v) is 2.21. The third-order valence-electron chi connectivity index (χ3n) is 2.06. The standard InChI is InChI=1S/C10H7Br2FN2/c1-5-9(12)10(15-14-5)7-3-2-6(13)4-8(7)11/h2-4H,1H3,(H,14,15). The SMILES string of the molecule is Cc1[nH]nc(-c2ccc(F)cc2Br)c1Br. The molecule has 0 fully saturated rings. The van der Waals surface area contributed by atoms with E-state index in [0.717, 1.165) is 21.4 Å². The minimum absolute atomic E-state index is 0.269. The summed E-state index contributed by atoms with van der Waals surface area (Å²) in [5.41, 5.74) is 2.58. The molecule has 1 aromatic carbocycles. The van der Waals surface area contributed by atoms with Gasteiger partial charge in [-0.1, -0.05) is 0 Å². The first-order chi connectivity index (χ1) is 7.09. The van der Waals surface area contributed by atoms with Crippen molar-refractivity contribution in [3.05, 3.63) is 38.7 Å². The molecule has 1 N–H and O–H groups in total. The van der Waals surface area contributed by atoms with Crippen molar-refractivity contribution >= 4 is 31.9 Å². The number of nitrogens with zero attached hydrogens (tertiary/aromatic N) is 1. The number of H-pyrrole nitrogens is 1. The average Bonchev–Trinajstić information content (AvgIpc) is 2.49. The summed E-state index contributed by atoms with van der Waals surface area (Å²) in [6, 6.07) is 4.53. The van der Waals surface area contributed by atoms with Gasteiger partial charge in [0, 0.05) is 15.7 Å². The maximum Gasteiger partial charge on any atom is 0.124 e. The zero-order valence-electron chi connectivity index (χ0n) is 7.81. The van der Waals surface area contributed by atoms with Gasteiger partial charge in [0.15, 0.2) is 0 Å². The highest BCUT2D eigenvalue weighted by atomic mass is 79.9. The summed E-state index contributed by atoms with van der Waals surface area (Å²) in [4.78, 5) is 0. The van der Waals surface area contributed by atoms with Crippen molar-refractivity contribution in [2.75, 3.05) is 0 Å². The quantitative estimate of drug-likeness (QED) is 0.838. The number of nitrogens with one attached hydrogen (secondary N) is 1. The van der Waals surface area contributed by atoms with Crippen LogP contribution in [-0.2, 0) is 0 Å². The summed E-state index contributed by atoms with van der Waals surface area (Å²) in [6.45, 7) is 1.91. The van der Waals surface area contributed by atoms with Gasteiger partial charge in [0.05, 0.1) is 4.47 Å². The molecule has 0 aliphatic carbocycles. The van der Waals surface area contributed by atoms with Gasteiger partial charge < -0.3 is 0 Å². The van der Waals surface area contributed by atoms with E-state index in [1.807, 2.05) is 6.92 Å². The predicted molar refractivity (Wildman–Crippen MR) is 64.1 cm³/mol. The van der Waals surface area contributed by atoms with Crippen molar-refractivity contribution < 1.29 is 4.39 Å². The highest BCUT2D eigenvalue weighted by molar-refractivity contribution is 9.11. The van der Waals surface area contributed by atoms with Crippen molar-refractivity contribution in [1.29, 1.82) is 0 Å². The van der Waals surface area contributed by atoms with Crippen LogP contribution in [0.2, 0.25) is 0 Å². The van der Waals surface area contributed by atoms with E-state index < -0.39 is 0 Å². The van der Waals surface area contributed by atoms with E-state index in [-0.39, 0.29) is 5.82 Å². The van der Waals surface area contributed by atoms with E-state index in [4.69, 9.17) is 0 Å². The molecule has 0 bridgehead atoms. The van der Waals surface area contributed by atoms with Gasteiger partial charge in [-0.2, -0.15) is 5.10 Å². The molecule has 0 amide bonds. The van der Waals surface area contributed by atoms with Gasteiger partial charge in [0.1, 0.15) is 11.5 Å². The third kappa shape index (κ3) is 1.99. The van der Waals surface area contributed by atoms with E-state index in [1.165, 1.54) is 12.1 Å². The largest absolute Gasteiger partial charge is 0.281 e. The number of hydrogen-bond acceptors (Lipinski definition) is 1. The van der Waals surface area contributed by atoms with Crippen LogP contribution in [-0.4, -0.2) is 10.2 Å². The first-order valence-electron chi connectivity index (χ1n) is 4.25. The number of hydrogen-bond donors (Lipinski definition) is 1. The Morgan fingerprint density at radius 3 is 2.60 bits per heavy atom. The molecule has 5 heteroatoms. The number of aromatic nitrogens is 2. The Balaban J connectivity index is 2.59. The van der Waals surface area contributed by atoms with Gasteiger partial charge in [-0.05, 0) is 57.0 Å². The number of halogens is 3.